The van der Waals surface area contributed by atoms with E-state index in [0.29, 0.717) is 0 Å². The first-order valence-corrected chi connectivity index (χ1v) is 2.80. The molecule has 0 aliphatic rings. The molecule has 36 valence electrons. The second-order valence-electron chi connectivity index (χ2n) is 0.780. The number of hydrogen-bond acceptors (Lipinski definition) is 3. The third-order valence-electron chi connectivity index (χ3n) is 0.394. The molecule has 0 aromatic rings. The van der Waals surface area contributed by atoms with Crippen LogP contribution in [0.25, 0.3) is 0 Å². The van der Waals surface area contributed by atoms with Gasteiger partial charge in [-0.1, -0.05) is 11.8 Å². The fourth-order valence-corrected chi connectivity index (χ4v) is 0.250. The van der Waals surface area contributed by atoms with Crippen LogP contribution in [0, 0.1) is 0 Å². The highest BCUT2D eigenvalue weighted by Crippen LogP contribution is 1.88. The Hall–Kier alpha value is -0.0200. The van der Waals surface area contributed by atoms with Crippen LogP contribution in [-0.2, 0) is 4.79 Å². The topological polar surface area (TPSA) is 43.1 Å². The molecule has 0 spiro atoms. The van der Waals surface area contributed by atoms with Crippen LogP contribution in [0.2, 0.25) is 0 Å². The summed E-state index contributed by atoms with van der Waals surface area (Å²) >= 11 is 1.16. The summed E-state index contributed by atoms with van der Waals surface area (Å²) in [5.41, 5.74) is 4.91. The molecule has 0 saturated carbocycles. The largest absolute Gasteiger partial charge is 0.323 e. The van der Waals surface area contributed by atoms with Crippen molar-refractivity contribution in [2.24, 2.45) is 5.73 Å². The summed E-state index contributed by atoms with van der Waals surface area (Å²) in [4.78, 5) is 10.0. The molecule has 2 N–H and O–H groups in total. The molecule has 6 heavy (non-hydrogen) atoms. The van der Waals surface area contributed by atoms with Gasteiger partial charge >= 0.3 is 0 Å². The maximum absolute atomic E-state index is 10.0. The average Bonchev–Trinajstić information content (AvgIpc) is 1.65. The Morgan fingerprint density at radius 1 is 2.00 bits per heavy atom. The van der Waals surface area contributed by atoms with E-state index in [0.717, 1.165) is 11.8 Å². The zero-order valence-electron chi connectivity index (χ0n) is 3.60. The summed E-state index contributed by atoms with van der Waals surface area (Å²) in [6.45, 7) is 0.154. The molecule has 0 aromatic heterocycles. The number of nitrogens with two attached hydrogens (primary N) is 1. The van der Waals surface area contributed by atoms with E-state index in [-0.39, 0.29) is 11.7 Å². The van der Waals surface area contributed by atoms with Gasteiger partial charge in [-0.3, -0.25) is 4.79 Å². The molecular formula is C3H7NOS. The fourth-order valence-electron chi connectivity index (χ4n) is 0.0833. The minimum Gasteiger partial charge on any atom is -0.323 e. The van der Waals surface area contributed by atoms with Crippen LogP contribution in [-0.4, -0.2) is 17.9 Å². The molecular weight excluding hydrogens is 98.1 g/mol. The quantitative estimate of drug-likeness (QED) is 0.503. The molecule has 0 saturated heterocycles. The average molecular weight is 105 g/mol. The highest BCUT2D eigenvalue weighted by atomic mass is 32.2. The molecule has 0 fully saturated rings. The maximum atomic E-state index is 10.0. The first-order chi connectivity index (χ1) is 2.81. The standard InChI is InChI=1S/C3H7NOS/c1-6-3(5)2-4/h2,4H2,1H3. The Kier molecular flexibility index (Phi) is 3.17. The predicted molar refractivity (Wildman–Crippen MR) is 27.6 cm³/mol. The number of carbonyl (C=O) groups excluding carboxylic acids is 1. The van der Waals surface area contributed by atoms with Gasteiger partial charge < -0.3 is 5.73 Å². The van der Waals surface area contributed by atoms with Crippen LogP contribution < -0.4 is 5.73 Å². The van der Waals surface area contributed by atoms with E-state index in [2.05, 4.69) is 0 Å². The summed E-state index contributed by atoms with van der Waals surface area (Å²) in [7, 11) is 0. The van der Waals surface area contributed by atoms with E-state index >= 15 is 0 Å². The fraction of sp³-hybridized carbons (Fsp3) is 0.667. The lowest BCUT2D eigenvalue weighted by atomic mass is 10.8. The molecule has 0 heterocycles. The molecule has 0 rings (SSSR count). The molecule has 0 atom stereocenters. The van der Waals surface area contributed by atoms with Crippen LogP contribution in [0.15, 0.2) is 0 Å². The van der Waals surface area contributed by atoms with E-state index in [1.165, 1.54) is 0 Å². The van der Waals surface area contributed by atoms with E-state index in [9.17, 15) is 4.79 Å². The lowest BCUT2D eigenvalue weighted by molar-refractivity contribution is -0.109. The lowest BCUT2D eigenvalue weighted by Gasteiger charge is -1.81. The van der Waals surface area contributed by atoms with Crippen LogP contribution in [0.4, 0.5) is 0 Å². The van der Waals surface area contributed by atoms with E-state index in [4.69, 9.17) is 5.73 Å². The number of rotatable bonds is 1. The molecule has 0 bridgehead atoms. The van der Waals surface area contributed by atoms with Crippen LogP contribution >= 0.6 is 11.8 Å². The van der Waals surface area contributed by atoms with E-state index in [1.807, 2.05) is 0 Å². The molecule has 0 aliphatic carbocycles. The summed E-state index contributed by atoms with van der Waals surface area (Å²) in [6.07, 6.45) is 1.72. The SMILES string of the molecule is CSC(=O)CN. The first-order valence-electron chi connectivity index (χ1n) is 1.58. The molecule has 0 unspecified atom stereocenters. The van der Waals surface area contributed by atoms with E-state index in [1.54, 1.807) is 6.26 Å². The van der Waals surface area contributed by atoms with Crippen molar-refractivity contribution in [1.82, 2.24) is 0 Å². The van der Waals surface area contributed by atoms with E-state index < -0.39 is 0 Å². The first kappa shape index (κ1) is 5.98. The van der Waals surface area contributed by atoms with Gasteiger partial charge in [0.2, 0.25) is 5.12 Å². The van der Waals surface area contributed by atoms with Crippen molar-refractivity contribution in [1.29, 1.82) is 0 Å². The van der Waals surface area contributed by atoms with Gasteiger partial charge in [0.15, 0.2) is 0 Å². The molecule has 3 heteroatoms. The third kappa shape index (κ3) is 2.23. The monoisotopic (exact) mass is 105 g/mol. The Morgan fingerprint density at radius 2 is 2.50 bits per heavy atom. The van der Waals surface area contributed by atoms with Crippen molar-refractivity contribution in [2.75, 3.05) is 12.8 Å². The summed E-state index contributed by atoms with van der Waals surface area (Å²) < 4.78 is 0. The van der Waals surface area contributed by atoms with Crippen molar-refractivity contribution in [3.63, 3.8) is 0 Å². The molecule has 0 aliphatic heterocycles. The van der Waals surface area contributed by atoms with Crippen LogP contribution in [0.1, 0.15) is 0 Å². The van der Waals surface area contributed by atoms with Gasteiger partial charge in [0.25, 0.3) is 0 Å². The van der Waals surface area contributed by atoms with Crippen molar-refractivity contribution in [3.05, 3.63) is 0 Å². The van der Waals surface area contributed by atoms with Gasteiger partial charge in [0, 0.05) is 0 Å². The Balaban J connectivity index is 2.99. The van der Waals surface area contributed by atoms with Gasteiger partial charge in [0.1, 0.15) is 0 Å². The maximum Gasteiger partial charge on any atom is 0.202 e. The van der Waals surface area contributed by atoms with Gasteiger partial charge in [0.05, 0.1) is 6.54 Å². The zero-order chi connectivity index (χ0) is 4.99. The summed E-state index contributed by atoms with van der Waals surface area (Å²) in [5, 5.41) is 0.0370. The number of hydrogen-bond donors (Lipinski definition) is 1. The van der Waals surface area contributed by atoms with Gasteiger partial charge in [-0.15, -0.1) is 0 Å². The smallest absolute Gasteiger partial charge is 0.202 e. The minimum atomic E-state index is 0.0370. The van der Waals surface area contributed by atoms with Crippen LogP contribution in [0.3, 0.4) is 0 Å². The summed E-state index contributed by atoms with van der Waals surface area (Å²) in [5.74, 6) is 0. The van der Waals surface area contributed by atoms with Crippen molar-refractivity contribution in [3.8, 4) is 0 Å². The highest BCUT2D eigenvalue weighted by molar-refractivity contribution is 8.13. The third-order valence-corrected chi connectivity index (χ3v) is 1.02. The Bertz CT molecular complexity index is 48.8. The Labute approximate surface area is 41.1 Å². The van der Waals surface area contributed by atoms with Gasteiger partial charge in [-0.2, -0.15) is 0 Å². The van der Waals surface area contributed by atoms with Gasteiger partial charge in [-0.05, 0) is 6.26 Å². The normalized spacial score (nSPS) is 8.33. The Morgan fingerprint density at radius 3 is 2.50 bits per heavy atom. The molecule has 2 nitrogen and oxygen atoms in total. The van der Waals surface area contributed by atoms with Crippen molar-refractivity contribution in [2.45, 2.75) is 0 Å². The van der Waals surface area contributed by atoms with Crippen LogP contribution in [0.5, 0.6) is 0 Å². The molecule has 0 aromatic carbocycles. The minimum absolute atomic E-state index is 0.0370. The zero-order valence-corrected chi connectivity index (χ0v) is 4.42. The van der Waals surface area contributed by atoms with Crippen molar-refractivity contribution < 1.29 is 4.79 Å². The summed E-state index contributed by atoms with van der Waals surface area (Å²) in [6, 6.07) is 0. The highest BCUT2D eigenvalue weighted by Gasteiger charge is 1.87. The second-order valence-corrected chi connectivity index (χ2v) is 1.64. The molecule has 0 radical (unpaired) electrons. The predicted octanol–water partition coefficient (Wildman–Crippen LogP) is -0.165. The molecule has 0 amide bonds. The lowest BCUT2D eigenvalue weighted by Crippen LogP contribution is -2.07. The number of thioether (sulfide) groups is 1. The second kappa shape index (κ2) is 3.18. The van der Waals surface area contributed by atoms with Crippen molar-refractivity contribution >= 4 is 16.9 Å². The van der Waals surface area contributed by atoms with Gasteiger partial charge in [-0.25, -0.2) is 0 Å². The number of carbonyl (C=O) groups is 1.